The van der Waals surface area contributed by atoms with Gasteiger partial charge < -0.3 is 4.57 Å². The van der Waals surface area contributed by atoms with Crippen LogP contribution >= 0.6 is 11.3 Å². The second-order valence-electron chi connectivity index (χ2n) is 5.66. The Morgan fingerprint density at radius 1 is 1.41 bits per heavy atom. The number of carbonyl (C=O) groups excluding carboxylic acids is 1. The standard InChI is InChI=1S/C17H19FN2OS/c1-2-11-20-15-13(18)9-6-10-14(15)22-17(20)19-16(21)12-7-4-3-5-8-12/h2,6,9-10,12H,1,3-5,7-8,11H2. The number of para-hydroxylation sites is 1. The van der Waals surface area contributed by atoms with Crippen molar-refractivity contribution in [2.75, 3.05) is 0 Å². The molecule has 0 N–H and O–H groups in total. The third-order valence-corrected chi connectivity index (χ3v) is 5.17. The predicted molar refractivity (Wildman–Crippen MR) is 87.1 cm³/mol. The summed E-state index contributed by atoms with van der Waals surface area (Å²) in [4.78, 5) is 17.3. The van der Waals surface area contributed by atoms with Gasteiger partial charge >= 0.3 is 0 Å². The molecular weight excluding hydrogens is 299 g/mol. The number of halogens is 1. The second kappa shape index (κ2) is 6.57. The minimum Gasteiger partial charge on any atom is -0.310 e. The van der Waals surface area contributed by atoms with E-state index in [0.29, 0.717) is 16.9 Å². The monoisotopic (exact) mass is 318 g/mol. The van der Waals surface area contributed by atoms with E-state index >= 15 is 0 Å². The lowest BCUT2D eigenvalue weighted by atomic mass is 9.89. The fourth-order valence-corrected chi connectivity index (χ4v) is 4.06. The van der Waals surface area contributed by atoms with Gasteiger partial charge in [0.2, 0.25) is 0 Å². The molecule has 116 valence electrons. The Morgan fingerprint density at radius 2 is 2.18 bits per heavy atom. The summed E-state index contributed by atoms with van der Waals surface area (Å²) >= 11 is 1.36. The number of hydrogen-bond acceptors (Lipinski definition) is 2. The van der Waals surface area contributed by atoms with E-state index in [4.69, 9.17) is 0 Å². The lowest BCUT2D eigenvalue weighted by Gasteiger charge is -2.17. The number of allylic oxidation sites excluding steroid dienone is 1. The molecule has 1 amide bonds. The first-order valence-electron chi connectivity index (χ1n) is 7.68. The molecule has 22 heavy (non-hydrogen) atoms. The summed E-state index contributed by atoms with van der Waals surface area (Å²) in [5.74, 6) is -0.326. The Hall–Kier alpha value is -1.75. The summed E-state index contributed by atoms with van der Waals surface area (Å²) in [6.45, 7) is 4.16. The molecule has 3 nitrogen and oxygen atoms in total. The minimum absolute atomic E-state index is 0.0287. The zero-order valence-corrected chi connectivity index (χ0v) is 13.2. The van der Waals surface area contributed by atoms with E-state index in [1.165, 1.54) is 23.8 Å². The maximum Gasteiger partial charge on any atom is 0.251 e. The molecule has 0 bridgehead atoms. The second-order valence-corrected chi connectivity index (χ2v) is 6.66. The molecule has 0 aliphatic heterocycles. The smallest absolute Gasteiger partial charge is 0.251 e. The number of benzene rings is 1. The van der Waals surface area contributed by atoms with E-state index in [1.807, 2.05) is 6.07 Å². The van der Waals surface area contributed by atoms with Crippen LogP contribution in [0.15, 0.2) is 35.8 Å². The molecule has 3 rings (SSSR count). The Morgan fingerprint density at radius 3 is 2.91 bits per heavy atom. The summed E-state index contributed by atoms with van der Waals surface area (Å²) in [7, 11) is 0. The van der Waals surface area contributed by atoms with Gasteiger partial charge in [-0.05, 0) is 25.0 Å². The van der Waals surface area contributed by atoms with Crippen LogP contribution in [0.2, 0.25) is 0 Å². The molecule has 1 aliphatic rings. The third-order valence-electron chi connectivity index (χ3n) is 4.12. The molecular formula is C17H19FN2OS. The van der Waals surface area contributed by atoms with Crippen molar-refractivity contribution in [3.8, 4) is 0 Å². The Kier molecular flexibility index (Phi) is 4.52. The molecule has 1 aromatic carbocycles. The van der Waals surface area contributed by atoms with Crippen LogP contribution in [0.3, 0.4) is 0 Å². The van der Waals surface area contributed by atoms with Crippen LogP contribution in [-0.2, 0) is 11.3 Å². The molecule has 1 heterocycles. The van der Waals surface area contributed by atoms with Gasteiger partial charge in [0, 0.05) is 12.5 Å². The zero-order chi connectivity index (χ0) is 15.5. The highest BCUT2D eigenvalue weighted by molar-refractivity contribution is 7.16. The summed E-state index contributed by atoms with van der Waals surface area (Å²) < 4.78 is 16.6. The highest BCUT2D eigenvalue weighted by Crippen LogP contribution is 2.25. The van der Waals surface area contributed by atoms with Crippen molar-refractivity contribution >= 4 is 27.5 Å². The SMILES string of the molecule is C=CCn1c(=NC(=O)C2CCCCC2)sc2cccc(F)c21. The highest BCUT2D eigenvalue weighted by atomic mass is 32.1. The molecule has 1 fully saturated rings. The van der Waals surface area contributed by atoms with E-state index in [9.17, 15) is 9.18 Å². The molecule has 5 heteroatoms. The van der Waals surface area contributed by atoms with Gasteiger partial charge in [-0.25, -0.2) is 4.39 Å². The van der Waals surface area contributed by atoms with Crippen molar-refractivity contribution in [1.82, 2.24) is 4.57 Å². The Labute approximate surface area is 132 Å². The molecule has 1 aromatic heterocycles. The van der Waals surface area contributed by atoms with Gasteiger partial charge in [-0.1, -0.05) is 42.7 Å². The molecule has 0 unspecified atom stereocenters. The number of nitrogens with zero attached hydrogens (tertiary/aromatic N) is 2. The zero-order valence-electron chi connectivity index (χ0n) is 12.4. The molecule has 1 aliphatic carbocycles. The summed E-state index contributed by atoms with van der Waals surface area (Å²) in [5.41, 5.74) is 0.502. The van der Waals surface area contributed by atoms with Gasteiger partial charge in [-0.15, -0.1) is 6.58 Å². The van der Waals surface area contributed by atoms with E-state index in [1.54, 1.807) is 16.7 Å². The van der Waals surface area contributed by atoms with Crippen LogP contribution in [0.5, 0.6) is 0 Å². The number of amides is 1. The number of fused-ring (bicyclic) bond motifs is 1. The Balaban J connectivity index is 2.07. The molecule has 0 saturated heterocycles. The first-order valence-corrected chi connectivity index (χ1v) is 8.49. The lowest BCUT2D eigenvalue weighted by molar-refractivity contribution is -0.122. The number of carbonyl (C=O) groups is 1. The topological polar surface area (TPSA) is 34.4 Å². The quantitative estimate of drug-likeness (QED) is 0.787. The van der Waals surface area contributed by atoms with Crippen molar-refractivity contribution in [3.05, 3.63) is 41.5 Å². The summed E-state index contributed by atoms with van der Waals surface area (Å²) in [6, 6.07) is 4.97. The normalized spacial score (nSPS) is 17.0. The maximum atomic E-state index is 14.1. The van der Waals surface area contributed by atoms with Crippen LogP contribution in [0.4, 0.5) is 4.39 Å². The third kappa shape index (κ3) is 2.90. The largest absolute Gasteiger partial charge is 0.310 e. The van der Waals surface area contributed by atoms with Gasteiger partial charge in [0.05, 0.1) is 10.2 Å². The maximum absolute atomic E-state index is 14.1. The van der Waals surface area contributed by atoms with Gasteiger partial charge in [0.15, 0.2) is 4.80 Å². The number of aromatic nitrogens is 1. The first-order chi connectivity index (χ1) is 10.7. The van der Waals surface area contributed by atoms with E-state index in [-0.39, 0.29) is 17.6 Å². The van der Waals surface area contributed by atoms with Gasteiger partial charge in [0.1, 0.15) is 5.82 Å². The van der Waals surface area contributed by atoms with E-state index < -0.39 is 0 Å². The van der Waals surface area contributed by atoms with Crippen LogP contribution in [-0.4, -0.2) is 10.5 Å². The van der Waals surface area contributed by atoms with Crippen LogP contribution in [0.25, 0.3) is 10.2 Å². The van der Waals surface area contributed by atoms with Crippen molar-refractivity contribution in [2.24, 2.45) is 10.9 Å². The average Bonchev–Trinajstić information content (AvgIpc) is 2.87. The molecule has 0 spiro atoms. The Bertz CT molecular complexity index is 769. The van der Waals surface area contributed by atoms with Crippen LogP contribution in [0.1, 0.15) is 32.1 Å². The minimum atomic E-state index is -0.290. The van der Waals surface area contributed by atoms with Crippen molar-refractivity contribution in [2.45, 2.75) is 38.6 Å². The fraction of sp³-hybridized carbons (Fsp3) is 0.412. The molecule has 1 saturated carbocycles. The van der Waals surface area contributed by atoms with Crippen LogP contribution < -0.4 is 4.80 Å². The highest BCUT2D eigenvalue weighted by Gasteiger charge is 2.21. The van der Waals surface area contributed by atoms with Crippen molar-refractivity contribution in [1.29, 1.82) is 0 Å². The number of thiazole rings is 1. The predicted octanol–water partition coefficient (Wildman–Crippen LogP) is 4.04. The van der Waals surface area contributed by atoms with Crippen LogP contribution in [0, 0.1) is 11.7 Å². The van der Waals surface area contributed by atoms with Gasteiger partial charge in [-0.3, -0.25) is 4.79 Å². The molecule has 0 radical (unpaired) electrons. The lowest BCUT2D eigenvalue weighted by Crippen LogP contribution is -2.21. The van der Waals surface area contributed by atoms with E-state index in [0.717, 1.165) is 30.4 Å². The fourth-order valence-electron chi connectivity index (χ4n) is 3.01. The van der Waals surface area contributed by atoms with E-state index in [2.05, 4.69) is 11.6 Å². The van der Waals surface area contributed by atoms with Gasteiger partial charge in [-0.2, -0.15) is 4.99 Å². The summed E-state index contributed by atoms with van der Waals surface area (Å²) in [5, 5.41) is 0. The number of hydrogen-bond donors (Lipinski definition) is 0. The molecule has 2 aromatic rings. The average molecular weight is 318 g/mol. The van der Waals surface area contributed by atoms with Gasteiger partial charge in [0.25, 0.3) is 5.91 Å². The number of rotatable bonds is 3. The van der Waals surface area contributed by atoms with Crippen molar-refractivity contribution in [3.63, 3.8) is 0 Å². The molecule has 0 atom stereocenters. The van der Waals surface area contributed by atoms with Crippen molar-refractivity contribution < 1.29 is 9.18 Å². The summed E-state index contributed by atoms with van der Waals surface area (Å²) in [6.07, 6.45) is 6.93. The first kappa shape index (κ1) is 15.2.